The van der Waals surface area contributed by atoms with E-state index in [9.17, 15) is 8.42 Å². The van der Waals surface area contributed by atoms with Gasteiger partial charge in [0.15, 0.2) is 5.65 Å². The van der Waals surface area contributed by atoms with Crippen LogP contribution in [0.5, 0.6) is 0 Å². The van der Waals surface area contributed by atoms with Crippen molar-refractivity contribution in [2.75, 3.05) is 5.73 Å². The number of anilines is 1. The summed E-state index contributed by atoms with van der Waals surface area (Å²) in [6.45, 7) is 2.79. The molecule has 0 radical (unpaired) electrons. The molecule has 0 aliphatic rings. The Bertz CT molecular complexity index is 1350. The Balaban J connectivity index is 1.82. The molecule has 0 bridgehead atoms. The maximum atomic E-state index is 13.6. The molecule has 0 amide bonds. The lowest BCUT2D eigenvalue weighted by Crippen LogP contribution is -2.08. The number of benzene rings is 2. The van der Waals surface area contributed by atoms with Gasteiger partial charge in [0.1, 0.15) is 16.2 Å². The number of unbranched alkanes of at least 4 members (excludes halogenated alkanes) is 5. The SMILES string of the molecule is CCCCCCCCn1c(N)c(S(=O)(=O)c2ccc(Cl)cc2)c2nc3ccccc3nc21. The Morgan fingerprint density at radius 1 is 0.906 bits per heavy atom. The second-order valence-corrected chi connectivity index (χ2v) is 10.3. The molecule has 4 rings (SSSR count). The predicted octanol–water partition coefficient (Wildman–Crippen LogP) is 6.01. The fourth-order valence-corrected chi connectivity index (χ4v) is 5.60. The molecule has 0 aliphatic heterocycles. The van der Waals surface area contributed by atoms with E-state index >= 15 is 0 Å². The molecule has 2 aromatic heterocycles. The van der Waals surface area contributed by atoms with Crippen LogP contribution in [0.2, 0.25) is 5.02 Å². The number of fused-ring (bicyclic) bond motifs is 2. The van der Waals surface area contributed by atoms with Gasteiger partial charge in [-0.3, -0.25) is 0 Å². The average molecular weight is 471 g/mol. The van der Waals surface area contributed by atoms with Gasteiger partial charge >= 0.3 is 0 Å². The standard InChI is InChI=1S/C24H27ClN4O2S/c1-2-3-4-5-6-9-16-29-23(26)22(32(30,31)18-14-12-17(25)13-15-18)21-24(29)28-20-11-8-7-10-19(20)27-21/h7-8,10-15H,2-6,9,16,26H2,1H3. The number of nitrogens with zero attached hydrogens (tertiary/aromatic N) is 3. The van der Waals surface area contributed by atoms with Crippen LogP contribution >= 0.6 is 11.6 Å². The largest absolute Gasteiger partial charge is 0.384 e. The first kappa shape index (κ1) is 22.6. The van der Waals surface area contributed by atoms with Crippen LogP contribution in [0.15, 0.2) is 58.3 Å². The fourth-order valence-electron chi connectivity index (χ4n) is 3.96. The summed E-state index contributed by atoms with van der Waals surface area (Å²) in [4.78, 5) is 9.55. The molecule has 0 unspecified atom stereocenters. The van der Waals surface area contributed by atoms with Crippen LogP contribution in [0.1, 0.15) is 45.4 Å². The Kier molecular flexibility index (Phi) is 6.67. The molecular formula is C24H27ClN4O2S. The minimum atomic E-state index is -3.91. The molecule has 168 valence electrons. The highest BCUT2D eigenvalue weighted by molar-refractivity contribution is 7.92. The van der Waals surface area contributed by atoms with Gasteiger partial charge in [0.25, 0.3) is 0 Å². The summed E-state index contributed by atoms with van der Waals surface area (Å²) in [5.74, 6) is 0.179. The highest BCUT2D eigenvalue weighted by Gasteiger charge is 2.30. The Morgan fingerprint density at radius 2 is 1.53 bits per heavy atom. The van der Waals surface area contributed by atoms with E-state index in [0.29, 0.717) is 33.8 Å². The van der Waals surface area contributed by atoms with Gasteiger partial charge in [-0.05, 0) is 42.8 Å². The summed E-state index contributed by atoms with van der Waals surface area (Å²) in [6.07, 6.45) is 6.74. The van der Waals surface area contributed by atoms with Crippen LogP contribution in [-0.2, 0) is 16.4 Å². The second kappa shape index (κ2) is 9.46. The molecule has 0 aliphatic carbocycles. The van der Waals surface area contributed by atoms with Crippen LogP contribution < -0.4 is 5.73 Å². The molecule has 2 aromatic carbocycles. The predicted molar refractivity (Wildman–Crippen MR) is 130 cm³/mol. The fraction of sp³-hybridized carbons (Fsp3) is 0.333. The zero-order valence-corrected chi connectivity index (χ0v) is 19.7. The van der Waals surface area contributed by atoms with Gasteiger partial charge in [-0.1, -0.05) is 62.8 Å². The van der Waals surface area contributed by atoms with Crippen molar-refractivity contribution in [2.24, 2.45) is 0 Å². The molecule has 0 saturated carbocycles. The van der Waals surface area contributed by atoms with Gasteiger partial charge < -0.3 is 10.3 Å². The molecule has 2 heterocycles. The van der Waals surface area contributed by atoms with Crippen molar-refractivity contribution in [3.05, 3.63) is 53.6 Å². The molecule has 8 heteroatoms. The van der Waals surface area contributed by atoms with Gasteiger partial charge in [0.2, 0.25) is 9.84 Å². The average Bonchev–Trinajstić information content (AvgIpc) is 3.05. The van der Waals surface area contributed by atoms with E-state index < -0.39 is 9.84 Å². The minimum Gasteiger partial charge on any atom is -0.384 e. The molecule has 0 spiro atoms. The van der Waals surface area contributed by atoms with Crippen molar-refractivity contribution < 1.29 is 8.42 Å². The Hall–Kier alpha value is -2.64. The number of rotatable bonds is 9. The monoisotopic (exact) mass is 470 g/mol. The maximum Gasteiger partial charge on any atom is 0.212 e. The zero-order valence-electron chi connectivity index (χ0n) is 18.1. The smallest absolute Gasteiger partial charge is 0.212 e. The number of aryl methyl sites for hydroxylation is 1. The Morgan fingerprint density at radius 3 is 2.22 bits per heavy atom. The summed E-state index contributed by atoms with van der Waals surface area (Å²) < 4.78 is 28.9. The third kappa shape index (κ3) is 4.32. The molecule has 0 fully saturated rings. The lowest BCUT2D eigenvalue weighted by atomic mass is 10.1. The third-order valence-electron chi connectivity index (χ3n) is 5.67. The zero-order chi connectivity index (χ0) is 22.7. The number of hydrogen-bond acceptors (Lipinski definition) is 5. The van der Waals surface area contributed by atoms with Crippen LogP contribution in [-0.4, -0.2) is 23.0 Å². The van der Waals surface area contributed by atoms with Gasteiger partial charge in [-0.25, -0.2) is 18.4 Å². The maximum absolute atomic E-state index is 13.6. The quantitative estimate of drug-likeness (QED) is 0.302. The first-order valence-corrected chi connectivity index (χ1v) is 12.8. The number of nitrogen functional groups attached to an aromatic ring is 1. The normalized spacial score (nSPS) is 12.1. The van der Waals surface area contributed by atoms with E-state index in [1.165, 1.54) is 31.4 Å². The molecular weight excluding hydrogens is 444 g/mol. The van der Waals surface area contributed by atoms with Crippen molar-refractivity contribution in [3.63, 3.8) is 0 Å². The van der Waals surface area contributed by atoms with Gasteiger partial charge in [0, 0.05) is 11.6 Å². The molecule has 0 saturated heterocycles. The van der Waals surface area contributed by atoms with Crippen molar-refractivity contribution in [2.45, 2.75) is 61.8 Å². The third-order valence-corrected chi connectivity index (χ3v) is 7.76. The number of hydrogen-bond donors (Lipinski definition) is 1. The van der Waals surface area contributed by atoms with Gasteiger partial charge in [-0.2, -0.15) is 0 Å². The van der Waals surface area contributed by atoms with Gasteiger partial charge in [0.05, 0.1) is 15.9 Å². The number of halogens is 1. The van der Waals surface area contributed by atoms with E-state index in [2.05, 4.69) is 11.9 Å². The first-order chi connectivity index (χ1) is 15.4. The molecule has 6 nitrogen and oxygen atoms in total. The van der Waals surface area contributed by atoms with E-state index in [1.807, 2.05) is 24.3 Å². The van der Waals surface area contributed by atoms with Crippen LogP contribution in [0.3, 0.4) is 0 Å². The summed E-state index contributed by atoms with van der Waals surface area (Å²) in [7, 11) is -3.91. The molecule has 32 heavy (non-hydrogen) atoms. The molecule has 4 aromatic rings. The van der Waals surface area contributed by atoms with Crippen LogP contribution in [0.4, 0.5) is 5.82 Å². The van der Waals surface area contributed by atoms with E-state index in [4.69, 9.17) is 22.3 Å². The van der Waals surface area contributed by atoms with Crippen LogP contribution in [0.25, 0.3) is 22.2 Å². The second-order valence-electron chi connectivity index (χ2n) is 7.98. The van der Waals surface area contributed by atoms with Crippen molar-refractivity contribution in [1.82, 2.24) is 14.5 Å². The number of nitrogens with two attached hydrogens (primary N) is 1. The lowest BCUT2D eigenvalue weighted by molar-refractivity contribution is 0.565. The van der Waals surface area contributed by atoms with E-state index in [1.54, 1.807) is 16.7 Å². The van der Waals surface area contributed by atoms with E-state index in [-0.39, 0.29) is 15.6 Å². The number of aromatic nitrogens is 3. The van der Waals surface area contributed by atoms with Crippen molar-refractivity contribution >= 4 is 49.5 Å². The van der Waals surface area contributed by atoms with Crippen molar-refractivity contribution in [1.29, 1.82) is 0 Å². The van der Waals surface area contributed by atoms with Crippen molar-refractivity contribution in [3.8, 4) is 0 Å². The molecule has 0 atom stereocenters. The topological polar surface area (TPSA) is 90.9 Å². The number of sulfone groups is 1. The highest BCUT2D eigenvalue weighted by Crippen LogP contribution is 2.35. The summed E-state index contributed by atoms with van der Waals surface area (Å²) in [5.41, 5.74) is 8.62. The summed E-state index contributed by atoms with van der Waals surface area (Å²) in [6, 6.07) is 13.5. The number of para-hydroxylation sites is 2. The molecule has 2 N–H and O–H groups in total. The summed E-state index contributed by atoms with van der Waals surface area (Å²) >= 11 is 5.96. The van der Waals surface area contributed by atoms with E-state index in [0.717, 1.165) is 19.3 Å². The highest BCUT2D eigenvalue weighted by atomic mass is 35.5. The minimum absolute atomic E-state index is 0.0130. The first-order valence-electron chi connectivity index (χ1n) is 11.0. The summed E-state index contributed by atoms with van der Waals surface area (Å²) in [5, 5.41) is 0.466. The van der Waals surface area contributed by atoms with Gasteiger partial charge in [-0.15, -0.1) is 0 Å². The van der Waals surface area contributed by atoms with Crippen LogP contribution in [0, 0.1) is 0 Å². The Labute approximate surface area is 193 Å². The lowest BCUT2D eigenvalue weighted by Gasteiger charge is -2.08.